The highest BCUT2D eigenvalue weighted by Gasteiger charge is 2.30. The van der Waals surface area contributed by atoms with Gasteiger partial charge in [-0.25, -0.2) is 0 Å². The van der Waals surface area contributed by atoms with Crippen LogP contribution in [-0.4, -0.2) is 27.9 Å². The predicted octanol–water partition coefficient (Wildman–Crippen LogP) is 3.31. The lowest BCUT2D eigenvalue weighted by molar-refractivity contribution is -0.385. The quantitative estimate of drug-likeness (QED) is 0.669. The third kappa shape index (κ3) is 3.56. The molecule has 114 valence electrons. The molecule has 2 rings (SSSR count). The van der Waals surface area contributed by atoms with Crippen molar-refractivity contribution in [3.8, 4) is 0 Å². The average Bonchev–Trinajstić information content (AvgIpc) is 2.85. The van der Waals surface area contributed by atoms with Gasteiger partial charge in [-0.2, -0.15) is 11.8 Å². The zero-order valence-corrected chi connectivity index (χ0v) is 13.1. The summed E-state index contributed by atoms with van der Waals surface area (Å²) in [5, 5.41) is 14.6. The van der Waals surface area contributed by atoms with Crippen molar-refractivity contribution in [2.24, 2.45) is 0 Å². The molecule has 1 aliphatic rings. The number of hydrogen-bond acceptors (Lipinski definition) is 4. The van der Waals surface area contributed by atoms with E-state index in [1.54, 1.807) is 19.1 Å². The van der Waals surface area contributed by atoms with E-state index in [1.807, 2.05) is 11.8 Å². The average molecular weight is 308 g/mol. The Morgan fingerprint density at radius 1 is 1.48 bits per heavy atom. The van der Waals surface area contributed by atoms with Gasteiger partial charge in [-0.15, -0.1) is 0 Å². The van der Waals surface area contributed by atoms with Crippen molar-refractivity contribution < 1.29 is 9.72 Å². The van der Waals surface area contributed by atoms with E-state index in [-0.39, 0.29) is 23.2 Å². The maximum atomic E-state index is 12.4. The van der Waals surface area contributed by atoms with E-state index in [0.717, 1.165) is 25.0 Å². The summed E-state index contributed by atoms with van der Waals surface area (Å²) in [4.78, 5) is 23.1. The third-order valence-electron chi connectivity index (χ3n) is 3.81. The Morgan fingerprint density at radius 3 is 2.90 bits per heavy atom. The van der Waals surface area contributed by atoms with Gasteiger partial charge in [0.25, 0.3) is 11.6 Å². The monoisotopic (exact) mass is 308 g/mol. The molecule has 21 heavy (non-hydrogen) atoms. The molecule has 0 unspecified atom stereocenters. The van der Waals surface area contributed by atoms with Gasteiger partial charge >= 0.3 is 0 Å². The molecule has 1 N–H and O–H groups in total. The summed E-state index contributed by atoms with van der Waals surface area (Å²) in [6.45, 7) is 3.76. The van der Waals surface area contributed by atoms with Crippen molar-refractivity contribution >= 4 is 23.4 Å². The summed E-state index contributed by atoms with van der Waals surface area (Å²) < 4.78 is 0. The van der Waals surface area contributed by atoms with Gasteiger partial charge in [0.05, 0.1) is 4.92 Å². The summed E-state index contributed by atoms with van der Waals surface area (Å²) in [5.74, 6) is 0.681. The van der Waals surface area contributed by atoms with E-state index >= 15 is 0 Å². The predicted molar refractivity (Wildman–Crippen MR) is 84.9 cm³/mol. The van der Waals surface area contributed by atoms with E-state index in [9.17, 15) is 14.9 Å². The van der Waals surface area contributed by atoms with Crippen LogP contribution in [0.3, 0.4) is 0 Å². The topological polar surface area (TPSA) is 72.2 Å². The number of amides is 1. The molecule has 0 radical (unpaired) electrons. The lowest BCUT2D eigenvalue weighted by atomic mass is 10.1. The van der Waals surface area contributed by atoms with Crippen molar-refractivity contribution in [3.63, 3.8) is 0 Å². The SMILES string of the molecule is CCS[C@@H]1CCC[C@H]1NC(=O)c1cccc(C)c1[N+](=O)[O-]. The summed E-state index contributed by atoms with van der Waals surface area (Å²) in [6.07, 6.45) is 3.14. The van der Waals surface area contributed by atoms with Gasteiger partial charge in [-0.1, -0.05) is 25.5 Å². The van der Waals surface area contributed by atoms with Gasteiger partial charge in [-0.05, 0) is 31.6 Å². The number of hydrogen-bond donors (Lipinski definition) is 1. The molecule has 0 aromatic heterocycles. The van der Waals surface area contributed by atoms with Crippen molar-refractivity contribution in [2.45, 2.75) is 44.4 Å². The van der Waals surface area contributed by atoms with Crippen molar-refractivity contribution in [3.05, 3.63) is 39.4 Å². The highest BCUT2D eigenvalue weighted by atomic mass is 32.2. The van der Waals surface area contributed by atoms with E-state index in [0.29, 0.717) is 10.8 Å². The lowest BCUT2D eigenvalue weighted by Crippen LogP contribution is -2.39. The number of nitrogens with one attached hydrogen (secondary N) is 1. The fourth-order valence-electron chi connectivity index (χ4n) is 2.84. The molecule has 1 saturated carbocycles. The number of rotatable bonds is 5. The molecule has 1 fully saturated rings. The van der Waals surface area contributed by atoms with Crippen LogP contribution in [0.4, 0.5) is 5.69 Å². The lowest BCUT2D eigenvalue weighted by Gasteiger charge is -2.20. The van der Waals surface area contributed by atoms with Crippen LogP contribution in [-0.2, 0) is 0 Å². The standard InChI is InChI=1S/C15H20N2O3S/c1-3-21-13-9-5-8-12(13)16-15(18)11-7-4-6-10(2)14(11)17(19)20/h4,6-7,12-13H,3,5,8-9H2,1-2H3,(H,16,18)/t12-,13-/m1/s1. The van der Waals surface area contributed by atoms with Crippen LogP contribution in [0.5, 0.6) is 0 Å². The normalized spacial score (nSPS) is 21.2. The minimum atomic E-state index is -0.475. The smallest absolute Gasteiger partial charge is 0.285 e. The summed E-state index contributed by atoms with van der Waals surface area (Å²) in [5.41, 5.74) is 0.582. The number of carbonyl (C=O) groups is 1. The van der Waals surface area contributed by atoms with Crippen LogP contribution >= 0.6 is 11.8 Å². The number of benzene rings is 1. The second-order valence-electron chi connectivity index (χ2n) is 5.23. The first-order chi connectivity index (χ1) is 10.0. The van der Waals surface area contributed by atoms with Crippen molar-refractivity contribution in [2.75, 3.05) is 5.75 Å². The van der Waals surface area contributed by atoms with Gasteiger partial charge in [-0.3, -0.25) is 14.9 Å². The Kier molecular flexibility index (Phi) is 5.22. The van der Waals surface area contributed by atoms with Gasteiger partial charge < -0.3 is 5.32 Å². The van der Waals surface area contributed by atoms with E-state index in [4.69, 9.17) is 0 Å². The maximum Gasteiger partial charge on any atom is 0.285 e. The molecule has 1 amide bonds. The molecule has 6 heteroatoms. The molecule has 0 bridgehead atoms. The zero-order chi connectivity index (χ0) is 15.4. The second-order valence-corrected chi connectivity index (χ2v) is 6.75. The highest BCUT2D eigenvalue weighted by molar-refractivity contribution is 7.99. The second kappa shape index (κ2) is 6.93. The van der Waals surface area contributed by atoms with Crippen LogP contribution in [0.1, 0.15) is 42.1 Å². The Labute approximate surface area is 128 Å². The molecule has 1 aliphatic carbocycles. The molecule has 1 aromatic carbocycles. The van der Waals surface area contributed by atoms with Crippen molar-refractivity contribution in [1.82, 2.24) is 5.32 Å². The minimum Gasteiger partial charge on any atom is -0.348 e. The van der Waals surface area contributed by atoms with Crippen LogP contribution in [0.2, 0.25) is 0 Å². The maximum absolute atomic E-state index is 12.4. The first-order valence-electron chi connectivity index (χ1n) is 7.21. The first kappa shape index (κ1) is 15.8. The number of nitrogens with zero attached hydrogens (tertiary/aromatic N) is 1. The molecule has 1 aromatic rings. The number of carbonyl (C=O) groups excluding carboxylic acids is 1. The summed E-state index contributed by atoms with van der Waals surface area (Å²) in [7, 11) is 0. The van der Waals surface area contributed by atoms with Crippen LogP contribution in [0.25, 0.3) is 0 Å². The van der Waals surface area contributed by atoms with Crippen LogP contribution < -0.4 is 5.32 Å². The minimum absolute atomic E-state index is 0.0901. The number of thioether (sulfide) groups is 1. The Hall–Kier alpha value is -1.56. The molecule has 5 nitrogen and oxygen atoms in total. The molecule has 2 atom stereocenters. The van der Waals surface area contributed by atoms with Crippen LogP contribution in [0.15, 0.2) is 18.2 Å². The van der Waals surface area contributed by atoms with E-state index in [1.165, 1.54) is 6.07 Å². The fourth-order valence-corrected chi connectivity index (χ4v) is 4.03. The molecule has 0 saturated heterocycles. The third-order valence-corrected chi connectivity index (χ3v) is 5.14. The van der Waals surface area contributed by atoms with Crippen molar-refractivity contribution in [1.29, 1.82) is 0 Å². The number of para-hydroxylation sites is 1. The number of nitro benzene ring substituents is 1. The van der Waals surface area contributed by atoms with Gasteiger partial charge in [0.15, 0.2) is 0 Å². The first-order valence-corrected chi connectivity index (χ1v) is 8.26. The fraction of sp³-hybridized carbons (Fsp3) is 0.533. The Balaban J connectivity index is 2.17. The van der Waals surface area contributed by atoms with Gasteiger partial charge in [0.2, 0.25) is 0 Å². The molecular formula is C15H20N2O3S. The summed E-state index contributed by atoms with van der Waals surface area (Å²) >= 11 is 1.85. The van der Waals surface area contributed by atoms with Gasteiger partial charge in [0, 0.05) is 16.9 Å². The number of nitro groups is 1. The largest absolute Gasteiger partial charge is 0.348 e. The summed E-state index contributed by atoms with van der Waals surface area (Å²) in [6, 6.07) is 4.98. The highest BCUT2D eigenvalue weighted by Crippen LogP contribution is 2.31. The molecule has 0 heterocycles. The zero-order valence-electron chi connectivity index (χ0n) is 12.3. The van der Waals surface area contributed by atoms with Crippen LogP contribution in [0, 0.1) is 17.0 Å². The Bertz CT molecular complexity index is 548. The number of aryl methyl sites for hydroxylation is 1. The Morgan fingerprint density at radius 2 is 2.24 bits per heavy atom. The molecule has 0 spiro atoms. The van der Waals surface area contributed by atoms with Gasteiger partial charge in [0.1, 0.15) is 5.56 Å². The molecular weight excluding hydrogens is 288 g/mol. The molecule has 0 aliphatic heterocycles. The van der Waals surface area contributed by atoms with E-state index in [2.05, 4.69) is 12.2 Å². The van der Waals surface area contributed by atoms with E-state index < -0.39 is 4.92 Å².